The highest BCUT2D eigenvalue weighted by atomic mass is 32.2. The number of hydrogen-bond donors (Lipinski definition) is 1. The molecule has 1 aliphatic rings. The molecule has 0 aliphatic carbocycles. The van der Waals surface area contributed by atoms with Crippen LogP contribution in [-0.2, 0) is 14.6 Å². The zero-order chi connectivity index (χ0) is 12.6. The SMILES string of the molecule is CCN(C1CCS(=O)(=O)C1)C(C)(C)C(=O)O. The largest absolute Gasteiger partial charge is 0.480 e. The molecule has 5 nitrogen and oxygen atoms in total. The summed E-state index contributed by atoms with van der Waals surface area (Å²) in [7, 11) is -2.97. The van der Waals surface area contributed by atoms with Gasteiger partial charge in [0.25, 0.3) is 0 Å². The molecule has 1 aliphatic heterocycles. The number of carbonyl (C=O) groups is 1. The predicted octanol–water partition coefficient (Wildman–Crippen LogP) is 0.359. The van der Waals surface area contributed by atoms with Crippen molar-refractivity contribution < 1.29 is 18.3 Å². The maximum Gasteiger partial charge on any atom is 0.323 e. The molecule has 16 heavy (non-hydrogen) atoms. The smallest absolute Gasteiger partial charge is 0.323 e. The Bertz CT molecular complexity index is 374. The van der Waals surface area contributed by atoms with Gasteiger partial charge in [-0.15, -0.1) is 0 Å². The minimum atomic E-state index is -2.97. The van der Waals surface area contributed by atoms with E-state index in [0.29, 0.717) is 13.0 Å². The van der Waals surface area contributed by atoms with E-state index < -0.39 is 21.3 Å². The molecule has 1 heterocycles. The molecule has 0 saturated carbocycles. The highest BCUT2D eigenvalue weighted by molar-refractivity contribution is 7.91. The molecule has 6 heteroatoms. The van der Waals surface area contributed by atoms with E-state index in [0.717, 1.165) is 0 Å². The van der Waals surface area contributed by atoms with Gasteiger partial charge in [0.15, 0.2) is 9.84 Å². The number of nitrogens with zero attached hydrogens (tertiary/aromatic N) is 1. The van der Waals surface area contributed by atoms with Gasteiger partial charge in [0.1, 0.15) is 5.54 Å². The second kappa shape index (κ2) is 4.33. The summed E-state index contributed by atoms with van der Waals surface area (Å²) in [4.78, 5) is 12.9. The van der Waals surface area contributed by atoms with E-state index >= 15 is 0 Å². The molecule has 0 aromatic carbocycles. The van der Waals surface area contributed by atoms with Crippen molar-refractivity contribution in [3.05, 3.63) is 0 Å². The van der Waals surface area contributed by atoms with Crippen molar-refractivity contribution in [2.24, 2.45) is 0 Å². The molecule has 1 atom stereocenters. The fourth-order valence-corrected chi connectivity index (χ4v) is 3.98. The van der Waals surface area contributed by atoms with E-state index in [9.17, 15) is 13.2 Å². The van der Waals surface area contributed by atoms with Gasteiger partial charge in [-0.3, -0.25) is 9.69 Å². The molecular formula is C10H19NO4S. The van der Waals surface area contributed by atoms with Crippen LogP contribution in [0.4, 0.5) is 0 Å². The monoisotopic (exact) mass is 249 g/mol. The molecule has 1 fully saturated rings. The highest BCUT2D eigenvalue weighted by Gasteiger charge is 2.42. The molecule has 0 aromatic heterocycles. The molecule has 0 bridgehead atoms. The fourth-order valence-electron chi connectivity index (χ4n) is 2.25. The van der Waals surface area contributed by atoms with E-state index in [1.807, 2.05) is 6.92 Å². The summed E-state index contributed by atoms with van der Waals surface area (Å²) in [5.74, 6) is -0.667. The average molecular weight is 249 g/mol. The summed E-state index contributed by atoms with van der Waals surface area (Å²) in [6.45, 7) is 5.63. The Kier molecular flexibility index (Phi) is 3.64. The van der Waals surface area contributed by atoms with Crippen LogP contribution in [0, 0.1) is 0 Å². The zero-order valence-electron chi connectivity index (χ0n) is 9.93. The van der Waals surface area contributed by atoms with Crippen molar-refractivity contribution >= 4 is 15.8 Å². The Morgan fingerprint density at radius 1 is 1.50 bits per heavy atom. The topological polar surface area (TPSA) is 74.7 Å². The minimum absolute atomic E-state index is 0.0809. The molecule has 0 radical (unpaired) electrons. The Labute approximate surface area is 96.4 Å². The second-order valence-electron chi connectivity index (χ2n) is 4.71. The van der Waals surface area contributed by atoms with E-state index in [1.165, 1.54) is 0 Å². The Morgan fingerprint density at radius 2 is 2.06 bits per heavy atom. The van der Waals surface area contributed by atoms with Gasteiger partial charge in [0.2, 0.25) is 0 Å². The Hall–Kier alpha value is -0.620. The van der Waals surface area contributed by atoms with Gasteiger partial charge >= 0.3 is 5.97 Å². The quantitative estimate of drug-likeness (QED) is 0.778. The predicted molar refractivity (Wildman–Crippen MR) is 61.2 cm³/mol. The number of hydrogen-bond acceptors (Lipinski definition) is 4. The number of aliphatic carboxylic acids is 1. The number of likely N-dealkylation sites (N-methyl/N-ethyl adjacent to an activating group) is 1. The van der Waals surface area contributed by atoms with Crippen molar-refractivity contribution in [3.63, 3.8) is 0 Å². The summed E-state index contributed by atoms with van der Waals surface area (Å²) >= 11 is 0. The lowest BCUT2D eigenvalue weighted by molar-refractivity contribution is -0.150. The van der Waals surface area contributed by atoms with Crippen molar-refractivity contribution in [2.75, 3.05) is 18.1 Å². The zero-order valence-corrected chi connectivity index (χ0v) is 10.7. The molecule has 1 saturated heterocycles. The van der Waals surface area contributed by atoms with Gasteiger partial charge in [0, 0.05) is 6.04 Å². The summed E-state index contributed by atoms with van der Waals surface area (Å²) < 4.78 is 22.8. The Morgan fingerprint density at radius 3 is 2.38 bits per heavy atom. The van der Waals surface area contributed by atoms with Crippen LogP contribution in [0.15, 0.2) is 0 Å². The van der Waals surface area contributed by atoms with Crippen LogP contribution in [0.3, 0.4) is 0 Å². The van der Waals surface area contributed by atoms with Gasteiger partial charge in [-0.1, -0.05) is 6.92 Å². The summed E-state index contributed by atoms with van der Waals surface area (Å²) in [6, 6.07) is -0.166. The number of carboxylic acid groups (broad SMARTS) is 1. The lowest BCUT2D eigenvalue weighted by atomic mass is 10.00. The first-order chi connectivity index (χ1) is 7.20. The highest BCUT2D eigenvalue weighted by Crippen LogP contribution is 2.25. The lowest BCUT2D eigenvalue weighted by Crippen LogP contribution is -2.55. The summed E-state index contributed by atoms with van der Waals surface area (Å²) in [6.07, 6.45) is 0.535. The van der Waals surface area contributed by atoms with Crippen LogP contribution in [0.25, 0.3) is 0 Å². The van der Waals surface area contributed by atoms with E-state index in [-0.39, 0.29) is 17.5 Å². The number of rotatable bonds is 4. The van der Waals surface area contributed by atoms with E-state index in [2.05, 4.69) is 0 Å². The van der Waals surface area contributed by atoms with E-state index in [4.69, 9.17) is 5.11 Å². The number of sulfone groups is 1. The minimum Gasteiger partial charge on any atom is -0.480 e. The lowest BCUT2D eigenvalue weighted by Gasteiger charge is -2.38. The first-order valence-corrected chi connectivity index (χ1v) is 7.23. The van der Waals surface area contributed by atoms with Gasteiger partial charge in [-0.2, -0.15) is 0 Å². The molecule has 1 unspecified atom stereocenters. The maximum absolute atomic E-state index is 11.4. The molecule has 0 aromatic rings. The van der Waals surface area contributed by atoms with Gasteiger partial charge in [0.05, 0.1) is 11.5 Å². The second-order valence-corrected chi connectivity index (χ2v) is 6.94. The van der Waals surface area contributed by atoms with Crippen LogP contribution in [-0.4, -0.2) is 54.0 Å². The van der Waals surface area contributed by atoms with Crippen LogP contribution in [0.2, 0.25) is 0 Å². The van der Waals surface area contributed by atoms with Crippen LogP contribution in [0.1, 0.15) is 27.2 Å². The van der Waals surface area contributed by atoms with Gasteiger partial charge in [-0.05, 0) is 26.8 Å². The Balaban J connectivity index is 2.88. The summed E-state index contributed by atoms with van der Waals surface area (Å²) in [5, 5.41) is 9.14. The summed E-state index contributed by atoms with van der Waals surface area (Å²) in [5.41, 5.74) is -1.01. The van der Waals surface area contributed by atoms with E-state index in [1.54, 1.807) is 18.7 Å². The molecule has 94 valence electrons. The first kappa shape index (κ1) is 13.4. The molecule has 1 rings (SSSR count). The van der Waals surface area contributed by atoms with Gasteiger partial charge in [-0.25, -0.2) is 8.42 Å². The molecule has 0 amide bonds. The van der Waals surface area contributed by atoms with Crippen LogP contribution >= 0.6 is 0 Å². The van der Waals surface area contributed by atoms with Crippen LogP contribution < -0.4 is 0 Å². The first-order valence-electron chi connectivity index (χ1n) is 5.41. The van der Waals surface area contributed by atoms with Crippen molar-refractivity contribution in [1.29, 1.82) is 0 Å². The third kappa shape index (κ3) is 2.55. The number of carboxylic acids is 1. The fraction of sp³-hybridized carbons (Fsp3) is 0.900. The maximum atomic E-state index is 11.4. The van der Waals surface area contributed by atoms with Gasteiger partial charge < -0.3 is 5.11 Å². The molecule has 1 N–H and O–H groups in total. The van der Waals surface area contributed by atoms with Crippen molar-refractivity contribution in [3.8, 4) is 0 Å². The molecule has 0 spiro atoms. The third-order valence-corrected chi connectivity index (χ3v) is 4.98. The standard InChI is InChI=1S/C10H19NO4S/c1-4-11(10(2,3)9(12)13)8-5-6-16(14,15)7-8/h8H,4-7H2,1-3H3,(H,12,13). The third-order valence-electron chi connectivity index (χ3n) is 3.23. The normalized spacial score (nSPS) is 24.9. The molecular weight excluding hydrogens is 230 g/mol. The van der Waals surface area contributed by atoms with Crippen molar-refractivity contribution in [1.82, 2.24) is 4.90 Å². The average Bonchev–Trinajstić information content (AvgIpc) is 2.46. The van der Waals surface area contributed by atoms with Crippen LogP contribution in [0.5, 0.6) is 0 Å². The van der Waals surface area contributed by atoms with Crippen molar-refractivity contribution in [2.45, 2.75) is 38.8 Å².